The normalized spacial score (nSPS) is 22.8. The number of benzene rings is 2. The van der Waals surface area contributed by atoms with Gasteiger partial charge < -0.3 is 0 Å². The smallest absolute Gasteiger partial charge is 0.134 e. The minimum Gasteiger partial charge on any atom is -0.300 e. The largest absolute Gasteiger partial charge is 0.300 e. The average Bonchev–Trinajstić information content (AvgIpc) is 2.48. The van der Waals surface area contributed by atoms with Gasteiger partial charge in [0.1, 0.15) is 5.78 Å². The summed E-state index contributed by atoms with van der Waals surface area (Å²) in [5.74, 6) is 0.390. The highest BCUT2D eigenvalue weighted by Gasteiger charge is 2.38. The van der Waals surface area contributed by atoms with Gasteiger partial charge in [0.2, 0.25) is 0 Å². The van der Waals surface area contributed by atoms with Crippen molar-refractivity contribution in [3.63, 3.8) is 0 Å². The molecule has 1 fully saturated rings. The van der Waals surface area contributed by atoms with Gasteiger partial charge in [0.25, 0.3) is 0 Å². The molecular formula is C19H20O. The van der Waals surface area contributed by atoms with Crippen molar-refractivity contribution in [1.82, 2.24) is 0 Å². The first-order chi connectivity index (χ1) is 9.71. The molecule has 0 bridgehead atoms. The molecule has 0 heterocycles. The van der Waals surface area contributed by atoms with Crippen molar-refractivity contribution in [2.75, 3.05) is 0 Å². The van der Waals surface area contributed by atoms with E-state index < -0.39 is 0 Å². The van der Waals surface area contributed by atoms with Crippen molar-refractivity contribution < 1.29 is 4.79 Å². The molecule has 20 heavy (non-hydrogen) atoms. The molecular weight excluding hydrogens is 244 g/mol. The van der Waals surface area contributed by atoms with E-state index in [4.69, 9.17) is 0 Å². The Morgan fingerprint density at radius 1 is 0.950 bits per heavy atom. The summed E-state index contributed by atoms with van der Waals surface area (Å²) in [4.78, 5) is 12.1. The summed E-state index contributed by atoms with van der Waals surface area (Å²) < 4.78 is 0. The minimum atomic E-state index is -0.122. The predicted octanol–water partition coefficient (Wildman–Crippen LogP) is 4.42. The van der Waals surface area contributed by atoms with Gasteiger partial charge in [-0.05, 0) is 30.9 Å². The summed E-state index contributed by atoms with van der Waals surface area (Å²) in [6.07, 6.45) is 3.43. The Bertz CT molecular complexity index is 615. The Balaban J connectivity index is 2.15. The van der Waals surface area contributed by atoms with Gasteiger partial charge in [-0.1, -0.05) is 60.2 Å². The molecule has 1 saturated carbocycles. The molecule has 1 heteroatoms. The molecule has 1 nitrogen and oxygen atoms in total. The second-order valence-electron chi connectivity index (χ2n) is 5.89. The van der Waals surface area contributed by atoms with Crippen LogP contribution in [0.15, 0.2) is 54.6 Å². The molecule has 0 aliphatic heterocycles. The number of aryl methyl sites for hydroxylation is 1. The fraction of sp³-hybridized carbons (Fsp3) is 0.316. The van der Waals surface area contributed by atoms with Gasteiger partial charge in [0.05, 0.1) is 0 Å². The quantitative estimate of drug-likeness (QED) is 0.784. The number of hydrogen-bond acceptors (Lipinski definition) is 1. The number of hydrogen-bond donors (Lipinski definition) is 0. The van der Waals surface area contributed by atoms with Crippen molar-refractivity contribution >= 4 is 5.78 Å². The Hall–Kier alpha value is -1.89. The molecule has 1 aliphatic rings. The zero-order chi connectivity index (χ0) is 14.0. The van der Waals surface area contributed by atoms with Gasteiger partial charge in [-0.25, -0.2) is 0 Å². The van der Waals surface area contributed by atoms with E-state index in [0.717, 1.165) is 19.3 Å². The molecule has 0 aromatic heterocycles. The van der Waals surface area contributed by atoms with E-state index in [9.17, 15) is 4.79 Å². The monoisotopic (exact) mass is 264 g/mol. The molecule has 0 saturated heterocycles. The van der Waals surface area contributed by atoms with E-state index in [1.54, 1.807) is 0 Å². The number of rotatable bonds is 2. The Morgan fingerprint density at radius 3 is 2.40 bits per heavy atom. The third-order valence-corrected chi connectivity index (χ3v) is 4.46. The van der Waals surface area contributed by atoms with Crippen LogP contribution >= 0.6 is 0 Å². The average molecular weight is 264 g/mol. The second kappa shape index (κ2) is 5.24. The lowest BCUT2D eigenvalue weighted by molar-refractivity contribution is -0.121. The van der Waals surface area contributed by atoms with Crippen LogP contribution in [0.5, 0.6) is 0 Å². The molecule has 1 atom stereocenters. The van der Waals surface area contributed by atoms with Crippen LogP contribution in [0.4, 0.5) is 0 Å². The molecule has 0 amide bonds. The maximum Gasteiger partial charge on any atom is 0.134 e. The van der Waals surface area contributed by atoms with E-state index in [1.165, 1.54) is 16.7 Å². The van der Waals surface area contributed by atoms with Crippen molar-refractivity contribution in [1.29, 1.82) is 0 Å². The van der Waals surface area contributed by atoms with Gasteiger partial charge in [0, 0.05) is 18.3 Å². The van der Waals surface area contributed by atoms with E-state index in [0.29, 0.717) is 12.2 Å². The zero-order valence-electron chi connectivity index (χ0n) is 11.9. The Morgan fingerprint density at radius 2 is 1.70 bits per heavy atom. The predicted molar refractivity (Wildman–Crippen MR) is 81.9 cm³/mol. The first-order valence-corrected chi connectivity index (χ1v) is 7.35. The van der Waals surface area contributed by atoms with Crippen molar-refractivity contribution in [3.05, 3.63) is 71.3 Å². The van der Waals surface area contributed by atoms with Crippen LogP contribution in [-0.4, -0.2) is 5.78 Å². The maximum atomic E-state index is 12.1. The third kappa shape index (κ3) is 2.29. The van der Waals surface area contributed by atoms with Gasteiger partial charge in [-0.15, -0.1) is 0 Å². The summed E-state index contributed by atoms with van der Waals surface area (Å²) in [7, 11) is 0. The first kappa shape index (κ1) is 13.1. The summed E-state index contributed by atoms with van der Waals surface area (Å²) in [6, 6.07) is 19.2. The van der Waals surface area contributed by atoms with Gasteiger partial charge in [0.15, 0.2) is 0 Å². The molecule has 0 N–H and O–H groups in total. The maximum absolute atomic E-state index is 12.1. The van der Waals surface area contributed by atoms with E-state index >= 15 is 0 Å². The highest BCUT2D eigenvalue weighted by Crippen LogP contribution is 2.43. The fourth-order valence-electron chi connectivity index (χ4n) is 3.46. The lowest BCUT2D eigenvalue weighted by Gasteiger charge is -2.38. The third-order valence-electron chi connectivity index (χ3n) is 4.46. The van der Waals surface area contributed by atoms with Gasteiger partial charge in [-0.3, -0.25) is 4.79 Å². The summed E-state index contributed by atoms with van der Waals surface area (Å²) in [6.45, 7) is 2.12. The Kier molecular flexibility index (Phi) is 3.43. The Labute approximate surface area is 120 Å². The topological polar surface area (TPSA) is 17.1 Å². The van der Waals surface area contributed by atoms with Crippen LogP contribution in [0.2, 0.25) is 0 Å². The van der Waals surface area contributed by atoms with Crippen LogP contribution in [0.25, 0.3) is 0 Å². The standard InChI is InChI=1S/C19H20O/c1-15-7-5-10-17(13-15)19(12-6-11-18(20)14-19)16-8-3-2-4-9-16/h2-5,7-10,13H,6,11-12,14H2,1H3/t19-/m1/s1. The first-order valence-electron chi connectivity index (χ1n) is 7.35. The summed E-state index contributed by atoms with van der Waals surface area (Å²) in [5, 5.41) is 0. The lowest BCUT2D eigenvalue weighted by Crippen LogP contribution is -2.34. The van der Waals surface area contributed by atoms with E-state index in [1.807, 2.05) is 6.07 Å². The van der Waals surface area contributed by atoms with Crippen LogP contribution < -0.4 is 0 Å². The highest BCUT2D eigenvalue weighted by atomic mass is 16.1. The highest BCUT2D eigenvalue weighted by molar-refractivity contribution is 5.82. The van der Waals surface area contributed by atoms with Gasteiger partial charge in [-0.2, -0.15) is 0 Å². The van der Waals surface area contributed by atoms with Crippen molar-refractivity contribution in [2.45, 2.75) is 38.0 Å². The van der Waals surface area contributed by atoms with Crippen LogP contribution in [0.3, 0.4) is 0 Å². The second-order valence-corrected chi connectivity index (χ2v) is 5.89. The summed E-state index contributed by atoms with van der Waals surface area (Å²) in [5.41, 5.74) is 3.70. The zero-order valence-corrected chi connectivity index (χ0v) is 11.9. The minimum absolute atomic E-state index is 0.122. The molecule has 3 rings (SSSR count). The molecule has 1 aliphatic carbocycles. The van der Waals surface area contributed by atoms with Crippen molar-refractivity contribution in [2.24, 2.45) is 0 Å². The fourth-order valence-corrected chi connectivity index (χ4v) is 3.46. The molecule has 0 radical (unpaired) electrons. The lowest BCUT2D eigenvalue weighted by atomic mass is 9.65. The number of ketones is 1. The van der Waals surface area contributed by atoms with E-state index in [-0.39, 0.29) is 5.41 Å². The number of Topliss-reactive ketones (excluding diaryl/α,β-unsaturated/α-hetero) is 1. The summed E-state index contributed by atoms with van der Waals surface area (Å²) >= 11 is 0. The SMILES string of the molecule is Cc1cccc([C@]2(c3ccccc3)CCCC(=O)C2)c1. The molecule has 102 valence electrons. The molecule has 0 unspecified atom stereocenters. The van der Waals surface area contributed by atoms with Crippen LogP contribution in [0, 0.1) is 6.92 Å². The number of carbonyl (C=O) groups excluding carboxylic acids is 1. The van der Waals surface area contributed by atoms with Gasteiger partial charge >= 0.3 is 0 Å². The number of carbonyl (C=O) groups is 1. The molecule has 0 spiro atoms. The van der Waals surface area contributed by atoms with Crippen LogP contribution in [-0.2, 0) is 10.2 Å². The molecule has 2 aromatic rings. The van der Waals surface area contributed by atoms with Crippen LogP contribution in [0.1, 0.15) is 42.4 Å². The molecule has 2 aromatic carbocycles. The van der Waals surface area contributed by atoms with Crippen molar-refractivity contribution in [3.8, 4) is 0 Å². The van der Waals surface area contributed by atoms with E-state index in [2.05, 4.69) is 55.5 Å².